The van der Waals surface area contributed by atoms with E-state index in [0.717, 1.165) is 44.0 Å². The molecule has 2 aliphatic heterocycles. The van der Waals surface area contributed by atoms with E-state index in [4.69, 9.17) is 5.73 Å². The van der Waals surface area contributed by atoms with Crippen LogP contribution in [0.5, 0.6) is 0 Å². The highest BCUT2D eigenvalue weighted by atomic mass is 15.3. The molecule has 1 fully saturated rings. The third-order valence-corrected chi connectivity index (χ3v) is 5.38. The maximum absolute atomic E-state index is 6.67. The van der Waals surface area contributed by atoms with Crippen molar-refractivity contribution in [2.24, 2.45) is 16.6 Å². The first kappa shape index (κ1) is 17.8. The first-order valence-corrected chi connectivity index (χ1v) is 9.62. The Hall–Kier alpha value is -2.63. The quantitative estimate of drug-likeness (QED) is 0.765. The lowest BCUT2D eigenvalue weighted by molar-refractivity contribution is 0.114. The molecule has 4 rings (SSSR count). The molecule has 0 aliphatic carbocycles. The average Bonchev–Trinajstić information content (AvgIpc) is 2.70. The number of piperidine rings is 1. The molecule has 0 bridgehead atoms. The van der Waals surface area contributed by atoms with Crippen LogP contribution in [0.1, 0.15) is 18.4 Å². The fourth-order valence-corrected chi connectivity index (χ4v) is 3.85. The maximum atomic E-state index is 6.67. The molecule has 2 aliphatic rings. The number of likely N-dealkylation sites (tertiary alicyclic amines) is 1. The fraction of sp³-hybridized carbons (Fsp3) is 0.318. The summed E-state index contributed by atoms with van der Waals surface area (Å²) >= 11 is 0. The standard InChI is InChI=1S/C22H27N5/c23-22(24-14-11-21(26-22)25-20-9-5-2-6-10-20)19-12-15-27(16-13-19)17-18-7-3-1-4-8-18/h1-11,14,19,25-26H,12-13,15-17,23H2. The second-order valence-electron chi connectivity index (χ2n) is 7.34. The highest BCUT2D eigenvalue weighted by Gasteiger charge is 2.38. The maximum Gasteiger partial charge on any atom is 0.186 e. The highest BCUT2D eigenvalue weighted by Crippen LogP contribution is 2.29. The van der Waals surface area contributed by atoms with Crippen molar-refractivity contribution in [1.82, 2.24) is 10.2 Å². The lowest BCUT2D eigenvalue weighted by Gasteiger charge is -2.42. The van der Waals surface area contributed by atoms with Crippen LogP contribution in [0.15, 0.2) is 77.6 Å². The molecule has 2 heterocycles. The molecule has 140 valence electrons. The monoisotopic (exact) mass is 361 g/mol. The van der Waals surface area contributed by atoms with Gasteiger partial charge in [0, 0.05) is 24.4 Å². The number of aliphatic imine (C=N–C) groups is 1. The van der Waals surface area contributed by atoms with E-state index in [1.54, 1.807) is 0 Å². The number of nitrogens with one attached hydrogen (secondary N) is 2. The molecule has 0 spiro atoms. The Bertz CT molecular complexity index is 794. The first-order valence-electron chi connectivity index (χ1n) is 9.62. The van der Waals surface area contributed by atoms with Gasteiger partial charge >= 0.3 is 0 Å². The number of rotatable bonds is 5. The predicted octanol–water partition coefficient (Wildman–Crippen LogP) is 3.14. The molecule has 0 saturated carbocycles. The first-order chi connectivity index (χ1) is 13.2. The SMILES string of the molecule is NC1(C2CCN(Cc3ccccc3)CC2)N=CC=C(Nc2ccccc2)N1. The van der Waals surface area contributed by atoms with Crippen molar-refractivity contribution in [3.8, 4) is 0 Å². The van der Waals surface area contributed by atoms with Gasteiger partial charge in [0.2, 0.25) is 0 Å². The van der Waals surface area contributed by atoms with E-state index >= 15 is 0 Å². The van der Waals surface area contributed by atoms with Gasteiger partial charge in [0.05, 0.1) is 0 Å². The van der Waals surface area contributed by atoms with Crippen molar-refractivity contribution >= 4 is 11.9 Å². The van der Waals surface area contributed by atoms with Crippen LogP contribution in [0.3, 0.4) is 0 Å². The topological polar surface area (TPSA) is 65.7 Å². The number of allylic oxidation sites excluding steroid dienone is 1. The van der Waals surface area contributed by atoms with E-state index in [9.17, 15) is 0 Å². The Labute approximate surface area is 161 Å². The normalized spacial score (nSPS) is 23.5. The zero-order chi connectivity index (χ0) is 18.5. The molecule has 1 atom stereocenters. The second-order valence-corrected chi connectivity index (χ2v) is 7.34. The zero-order valence-electron chi connectivity index (χ0n) is 15.5. The van der Waals surface area contributed by atoms with Crippen molar-refractivity contribution in [2.45, 2.75) is 25.2 Å². The third kappa shape index (κ3) is 4.38. The van der Waals surface area contributed by atoms with Crippen molar-refractivity contribution in [1.29, 1.82) is 0 Å². The molecule has 4 N–H and O–H groups in total. The highest BCUT2D eigenvalue weighted by molar-refractivity contribution is 5.75. The Kier molecular flexibility index (Phi) is 5.23. The van der Waals surface area contributed by atoms with Gasteiger partial charge in [0.25, 0.3) is 0 Å². The lowest BCUT2D eigenvalue weighted by atomic mass is 9.89. The van der Waals surface area contributed by atoms with E-state index in [2.05, 4.69) is 50.9 Å². The number of nitrogens with two attached hydrogens (primary N) is 1. The second kappa shape index (κ2) is 7.94. The van der Waals surface area contributed by atoms with Crippen molar-refractivity contribution in [3.63, 3.8) is 0 Å². The van der Waals surface area contributed by atoms with Crippen molar-refractivity contribution in [2.75, 3.05) is 18.4 Å². The summed E-state index contributed by atoms with van der Waals surface area (Å²) in [6, 6.07) is 20.8. The minimum atomic E-state index is -0.745. The fourth-order valence-electron chi connectivity index (χ4n) is 3.85. The largest absolute Gasteiger partial charge is 0.342 e. The summed E-state index contributed by atoms with van der Waals surface area (Å²) in [5, 5.41) is 6.81. The number of hydrogen-bond donors (Lipinski definition) is 3. The minimum absolute atomic E-state index is 0.307. The Morgan fingerprint density at radius 1 is 1.04 bits per heavy atom. The van der Waals surface area contributed by atoms with Crippen LogP contribution in [0.25, 0.3) is 0 Å². The average molecular weight is 361 g/mol. The molecule has 0 aromatic heterocycles. The van der Waals surface area contributed by atoms with Crippen LogP contribution in [-0.2, 0) is 6.54 Å². The van der Waals surface area contributed by atoms with Crippen LogP contribution < -0.4 is 16.4 Å². The van der Waals surface area contributed by atoms with Crippen LogP contribution in [-0.4, -0.2) is 30.0 Å². The zero-order valence-corrected chi connectivity index (χ0v) is 15.5. The smallest absolute Gasteiger partial charge is 0.186 e. The molecule has 5 heteroatoms. The summed E-state index contributed by atoms with van der Waals surface area (Å²) in [5.41, 5.74) is 9.07. The Morgan fingerprint density at radius 2 is 1.70 bits per heavy atom. The predicted molar refractivity (Wildman–Crippen MR) is 111 cm³/mol. The van der Waals surface area contributed by atoms with E-state index in [0.29, 0.717) is 5.92 Å². The summed E-state index contributed by atoms with van der Waals surface area (Å²) in [7, 11) is 0. The molecule has 0 radical (unpaired) electrons. The molecular weight excluding hydrogens is 334 g/mol. The van der Waals surface area contributed by atoms with Crippen LogP contribution in [0.4, 0.5) is 5.69 Å². The number of nitrogens with zero attached hydrogens (tertiary/aromatic N) is 2. The minimum Gasteiger partial charge on any atom is -0.342 e. The molecule has 5 nitrogen and oxygen atoms in total. The van der Waals surface area contributed by atoms with Crippen LogP contribution >= 0.6 is 0 Å². The van der Waals surface area contributed by atoms with Gasteiger partial charge in [-0.15, -0.1) is 0 Å². The van der Waals surface area contributed by atoms with E-state index < -0.39 is 5.79 Å². The van der Waals surface area contributed by atoms with Crippen molar-refractivity contribution < 1.29 is 0 Å². The summed E-state index contributed by atoms with van der Waals surface area (Å²) in [6.07, 6.45) is 5.82. The number of benzene rings is 2. The van der Waals surface area contributed by atoms with Gasteiger partial charge in [-0.2, -0.15) is 0 Å². The van der Waals surface area contributed by atoms with E-state index in [1.807, 2.05) is 42.6 Å². The lowest BCUT2D eigenvalue weighted by Crippen LogP contribution is -2.60. The summed E-state index contributed by atoms with van der Waals surface area (Å²) in [6.45, 7) is 3.09. The summed E-state index contributed by atoms with van der Waals surface area (Å²) in [5.74, 6) is 0.456. The van der Waals surface area contributed by atoms with Crippen LogP contribution in [0, 0.1) is 5.92 Å². The molecule has 1 unspecified atom stereocenters. The number of para-hydroxylation sites is 1. The third-order valence-electron chi connectivity index (χ3n) is 5.38. The number of anilines is 1. The summed E-state index contributed by atoms with van der Waals surface area (Å²) in [4.78, 5) is 7.09. The number of hydrogen-bond acceptors (Lipinski definition) is 5. The van der Waals surface area contributed by atoms with Gasteiger partial charge in [0.15, 0.2) is 5.79 Å². The molecule has 2 aromatic rings. The van der Waals surface area contributed by atoms with Gasteiger partial charge in [-0.25, -0.2) is 0 Å². The van der Waals surface area contributed by atoms with E-state index in [-0.39, 0.29) is 0 Å². The summed E-state index contributed by atoms with van der Waals surface area (Å²) < 4.78 is 0. The van der Waals surface area contributed by atoms with Gasteiger partial charge in [-0.3, -0.25) is 15.6 Å². The molecule has 27 heavy (non-hydrogen) atoms. The van der Waals surface area contributed by atoms with Gasteiger partial charge in [-0.1, -0.05) is 48.5 Å². The van der Waals surface area contributed by atoms with E-state index in [1.165, 1.54) is 5.56 Å². The molecule has 2 aromatic carbocycles. The van der Waals surface area contributed by atoms with Crippen LogP contribution in [0.2, 0.25) is 0 Å². The molecule has 0 amide bonds. The van der Waals surface area contributed by atoms with Gasteiger partial charge < -0.3 is 10.6 Å². The van der Waals surface area contributed by atoms with Gasteiger partial charge in [0.1, 0.15) is 5.82 Å². The van der Waals surface area contributed by atoms with Gasteiger partial charge in [-0.05, 0) is 49.7 Å². The molecular formula is C22H27N5. The Balaban J connectivity index is 1.34. The van der Waals surface area contributed by atoms with Crippen molar-refractivity contribution in [3.05, 3.63) is 78.1 Å². The Morgan fingerprint density at radius 3 is 2.41 bits per heavy atom. The molecule has 1 saturated heterocycles.